The van der Waals surface area contributed by atoms with Crippen molar-refractivity contribution in [1.29, 1.82) is 0 Å². The van der Waals surface area contributed by atoms with E-state index in [4.69, 9.17) is 0 Å². The Hall–Kier alpha value is -3.06. The zero-order valence-electron chi connectivity index (χ0n) is 15.6. The first-order valence-corrected chi connectivity index (χ1v) is 8.83. The SMILES string of the molecule is CN(C)CCN(Cc1ccccc1)C(=O)Cn1nnc2ccccc2c1=O. The van der Waals surface area contributed by atoms with Crippen LogP contribution >= 0.6 is 0 Å². The summed E-state index contributed by atoms with van der Waals surface area (Å²) < 4.78 is 1.14. The van der Waals surface area contributed by atoms with E-state index in [9.17, 15) is 9.59 Å². The second kappa shape index (κ2) is 8.55. The molecule has 0 atom stereocenters. The van der Waals surface area contributed by atoms with Gasteiger partial charge in [-0.25, -0.2) is 4.68 Å². The Morgan fingerprint density at radius 1 is 1.00 bits per heavy atom. The van der Waals surface area contributed by atoms with Gasteiger partial charge in [-0.15, -0.1) is 5.10 Å². The monoisotopic (exact) mass is 365 g/mol. The summed E-state index contributed by atoms with van der Waals surface area (Å²) in [4.78, 5) is 29.3. The van der Waals surface area contributed by atoms with E-state index in [1.54, 1.807) is 29.2 Å². The number of hydrogen-bond acceptors (Lipinski definition) is 5. The molecule has 0 N–H and O–H groups in total. The molecule has 1 amide bonds. The molecule has 0 aliphatic heterocycles. The van der Waals surface area contributed by atoms with Crippen LogP contribution in [0.2, 0.25) is 0 Å². The smallest absolute Gasteiger partial charge is 0.278 e. The zero-order valence-corrected chi connectivity index (χ0v) is 15.6. The van der Waals surface area contributed by atoms with Gasteiger partial charge in [0.15, 0.2) is 0 Å². The van der Waals surface area contributed by atoms with Gasteiger partial charge in [0.1, 0.15) is 12.1 Å². The maximum Gasteiger partial charge on any atom is 0.278 e. The molecule has 0 aliphatic rings. The highest BCUT2D eigenvalue weighted by molar-refractivity contribution is 5.78. The van der Waals surface area contributed by atoms with E-state index in [0.717, 1.165) is 16.8 Å². The molecule has 0 fully saturated rings. The minimum absolute atomic E-state index is 0.128. The fourth-order valence-corrected chi connectivity index (χ4v) is 2.77. The summed E-state index contributed by atoms with van der Waals surface area (Å²) in [6, 6.07) is 16.8. The first kappa shape index (κ1) is 18.7. The minimum atomic E-state index is -0.304. The van der Waals surface area contributed by atoms with Gasteiger partial charge >= 0.3 is 0 Å². The standard InChI is InChI=1S/C20H23N5O2/c1-23(2)12-13-24(14-16-8-4-3-5-9-16)19(26)15-25-20(27)17-10-6-7-11-18(17)21-22-25/h3-11H,12-15H2,1-2H3. The quantitative estimate of drug-likeness (QED) is 0.633. The Labute approximate surface area is 157 Å². The van der Waals surface area contributed by atoms with Gasteiger partial charge in [-0.2, -0.15) is 0 Å². The van der Waals surface area contributed by atoms with Crippen LogP contribution in [0.15, 0.2) is 59.4 Å². The molecular formula is C20H23N5O2. The third kappa shape index (κ3) is 4.77. The molecule has 0 aliphatic carbocycles. The normalized spacial score (nSPS) is 11.1. The average molecular weight is 365 g/mol. The van der Waals surface area contributed by atoms with Crippen molar-refractivity contribution in [3.8, 4) is 0 Å². The molecule has 0 saturated heterocycles. The van der Waals surface area contributed by atoms with Gasteiger partial charge in [-0.1, -0.05) is 47.7 Å². The molecular weight excluding hydrogens is 342 g/mol. The van der Waals surface area contributed by atoms with E-state index in [0.29, 0.717) is 24.0 Å². The van der Waals surface area contributed by atoms with Crippen LogP contribution in [-0.4, -0.2) is 57.9 Å². The number of nitrogens with zero attached hydrogens (tertiary/aromatic N) is 5. The summed E-state index contributed by atoms with van der Waals surface area (Å²) in [7, 11) is 3.93. The maximum absolute atomic E-state index is 12.9. The molecule has 0 bridgehead atoms. The lowest BCUT2D eigenvalue weighted by molar-refractivity contribution is -0.133. The average Bonchev–Trinajstić information content (AvgIpc) is 2.68. The topological polar surface area (TPSA) is 71.3 Å². The maximum atomic E-state index is 12.9. The largest absolute Gasteiger partial charge is 0.335 e. The van der Waals surface area contributed by atoms with Crippen LogP contribution in [0.1, 0.15) is 5.56 Å². The van der Waals surface area contributed by atoms with E-state index < -0.39 is 0 Å². The van der Waals surface area contributed by atoms with Crippen molar-refractivity contribution in [1.82, 2.24) is 24.8 Å². The van der Waals surface area contributed by atoms with Crippen molar-refractivity contribution >= 4 is 16.8 Å². The van der Waals surface area contributed by atoms with Crippen LogP contribution in [0.3, 0.4) is 0 Å². The fraction of sp³-hybridized carbons (Fsp3) is 0.300. The number of hydrogen-bond donors (Lipinski definition) is 0. The fourth-order valence-electron chi connectivity index (χ4n) is 2.77. The van der Waals surface area contributed by atoms with Crippen LogP contribution in [0.4, 0.5) is 0 Å². The van der Waals surface area contributed by atoms with Crippen LogP contribution in [-0.2, 0) is 17.9 Å². The molecule has 0 unspecified atom stereocenters. The number of carbonyl (C=O) groups excluding carboxylic acids is 1. The highest BCUT2D eigenvalue weighted by Gasteiger charge is 2.17. The molecule has 1 heterocycles. The molecule has 2 aromatic carbocycles. The number of likely N-dealkylation sites (N-methyl/N-ethyl adjacent to an activating group) is 1. The van der Waals surface area contributed by atoms with Crippen molar-refractivity contribution in [3.63, 3.8) is 0 Å². The molecule has 0 saturated carbocycles. The Kier molecular flexibility index (Phi) is 5.93. The van der Waals surface area contributed by atoms with Crippen LogP contribution in [0, 0.1) is 0 Å². The third-order valence-corrected chi connectivity index (χ3v) is 4.30. The van der Waals surface area contributed by atoms with E-state index in [1.165, 1.54) is 0 Å². The summed E-state index contributed by atoms with van der Waals surface area (Å²) in [6.07, 6.45) is 0. The number of aromatic nitrogens is 3. The van der Waals surface area contributed by atoms with Gasteiger partial charge < -0.3 is 9.80 Å². The van der Waals surface area contributed by atoms with E-state index in [1.807, 2.05) is 49.3 Å². The second-order valence-electron chi connectivity index (χ2n) is 6.67. The lowest BCUT2D eigenvalue weighted by Gasteiger charge is -2.24. The summed E-state index contributed by atoms with van der Waals surface area (Å²) in [5, 5.41) is 8.44. The van der Waals surface area contributed by atoms with Crippen molar-refractivity contribution in [2.45, 2.75) is 13.1 Å². The van der Waals surface area contributed by atoms with Gasteiger partial charge in [0.2, 0.25) is 5.91 Å². The van der Waals surface area contributed by atoms with Crippen molar-refractivity contribution < 1.29 is 4.79 Å². The van der Waals surface area contributed by atoms with Crippen molar-refractivity contribution in [2.75, 3.05) is 27.2 Å². The molecule has 0 spiro atoms. The number of amides is 1. The Morgan fingerprint density at radius 2 is 1.70 bits per heavy atom. The van der Waals surface area contributed by atoms with Crippen LogP contribution in [0.5, 0.6) is 0 Å². The van der Waals surface area contributed by atoms with Gasteiger partial charge in [0, 0.05) is 19.6 Å². The molecule has 3 rings (SSSR count). The molecule has 1 aromatic heterocycles. The molecule has 7 nitrogen and oxygen atoms in total. The predicted molar refractivity (Wildman–Crippen MR) is 104 cm³/mol. The summed E-state index contributed by atoms with van der Waals surface area (Å²) >= 11 is 0. The Balaban J connectivity index is 1.81. The van der Waals surface area contributed by atoms with E-state index in [-0.39, 0.29) is 18.0 Å². The van der Waals surface area contributed by atoms with E-state index in [2.05, 4.69) is 10.3 Å². The summed E-state index contributed by atoms with van der Waals surface area (Å²) in [5.41, 5.74) is 1.27. The van der Waals surface area contributed by atoms with Crippen molar-refractivity contribution in [2.24, 2.45) is 0 Å². The van der Waals surface area contributed by atoms with E-state index >= 15 is 0 Å². The molecule has 0 radical (unpaired) electrons. The molecule has 3 aromatic rings. The predicted octanol–water partition coefficient (Wildman–Crippen LogP) is 1.38. The van der Waals surface area contributed by atoms with Gasteiger partial charge in [0.05, 0.1) is 5.39 Å². The van der Waals surface area contributed by atoms with Gasteiger partial charge in [0.25, 0.3) is 5.56 Å². The minimum Gasteiger partial charge on any atom is -0.335 e. The van der Waals surface area contributed by atoms with Gasteiger partial charge in [-0.3, -0.25) is 9.59 Å². The lowest BCUT2D eigenvalue weighted by Crippen LogP contribution is -2.40. The number of carbonyl (C=O) groups is 1. The molecule has 140 valence electrons. The summed E-state index contributed by atoms with van der Waals surface area (Å²) in [5.74, 6) is -0.160. The Morgan fingerprint density at radius 3 is 2.44 bits per heavy atom. The lowest BCUT2D eigenvalue weighted by atomic mass is 10.2. The highest BCUT2D eigenvalue weighted by atomic mass is 16.2. The highest BCUT2D eigenvalue weighted by Crippen LogP contribution is 2.07. The zero-order chi connectivity index (χ0) is 19.2. The number of rotatable bonds is 7. The van der Waals surface area contributed by atoms with Crippen LogP contribution < -0.4 is 5.56 Å². The summed E-state index contributed by atoms with van der Waals surface area (Å²) in [6.45, 7) is 1.66. The number of fused-ring (bicyclic) bond motifs is 1. The second-order valence-corrected chi connectivity index (χ2v) is 6.67. The first-order chi connectivity index (χ1) is 13.0. The number of benzene rings is 2. The van der Waals surface area contributed by atoms with Crippen molar-refractivity contribution in [3.05, 3.63) is 70.5 Å². The first-order valence-electron chi connectivity index (χ1n) is 8.83. The molecule has 7 heteroatoms. The Bertz CT molecular complexity index is 969. The van der Waals surface area contributed by atoms with Gasteiger partial charge in [-0.05, 0) is 31.8 Å². The third-order valence-electron chi connectivity index (χ3n) is 4.30. The molecule has 27 heavy (non-hydrogen) atoms. The van der Waals surface area contributed by atoms with Crippen LogP contribution in [0.25, 0.3) is 10.9 Å².